The summed E-state index contributed by atoms with van der Waals surface area (Å²) in [6.07, 6.45) is 0. The highest BCUT2D eigenvalue weighted by molar-refractivity contribution is 5.53. The molecule has 16 heavy (non-hydrogen) atoms. The molecule has 0 unspecified atom stereocenters. The van der Waals surface area contributed by atoms with E-state index in [1.165, 1.54) is 11.0 Å². The van der Waals surface area contributed by atoms with Gasteiger partial charge in [0, 0.05) is 6.07 Å². The third-order valence-corrected chi connectivity index (χ3v) is 1.72. The lowest BCUT2D eigenvalue weighted by Crippen LogP contribution is -2.25. The Hall–Kier alpha value is -2.58. The first-order valence-electron chi connectivity index (χ1n) is 4.31. The Morgan fingerprint density at radius 1 is 1.31 bits per heavy atom. The highest BCUT2D eigenvalue weighted by Gasteiger charge is 2.09. The second kappa shape index (κ2) is 5.34. The van der Waals surface area contributed by atoms with Crippen molar-refractivity contribution < 1.29 is 0 Å². The van der Waals surface area contributed by atoms with Gasteiger partial charge in [-0.2, -0.15) is 20.5 Å². The molecule has 0 spiro atoms. The van der Waals surface area contributed by atoms with Crippen LogP contribution in [0.4, 0.5) is 17.6 Å². The summed E-state index contributed by atoms with van der Waals surface area (Å²) in [6.45, 7) is 0.0715. The Morgan fingerprint density at radius 3 is 2.44 bits per heavy atom. The second-order valence-corrected chi connectivity index (χ2v) is 2.79. The maximum Gasteiger partial charge on any atom is 0.223 e. The number of rotatable bonds is 4. The Bertz CT molecular complexity index is 426. The van der Waals surface area contributed by atoms with E-state index >= 15 is 0 Å². The van der Waals surface area contributed by atoms with Crippen LogP contribution in [0.3, 0.4) is 0 Å². The average molecular weight is 218 g/mol. The van der Waals surface area contributed by atoms with E-state index in [4.69, 9.17) is 22.1 Å². The predicted octanol–water partition coefficient (Wildman–Crippen LogP) is -0.802. The first-order valence-corrected chi connectivity index (χ1v) is 4.31. The normalized spacial score (nSPS) is 8.94. The van der Waals surface area contributed by atoms with Crippen LogP contribution in [-0.2, 0) is 0 Å². The molecule has 5 N–H and O–H groups in total. The van der Waals surface area contributed by atoms with Crippen molar-refractivity contribution in [1.82, 2.24) is 9.97 Å². The maximum atomic E-state index is 8.60. The Morgan fingerprint density at radius 2 is 1.94 bits per heavy atom. The molecular formula is C8H10N8. The number of hydrogen-bond donors (Lipinski definition) is 3. The summed E-state index contributed by atoms with van der Waals surface area (Å²) in [4.78, 5) is 9.16. The zero-order valence-electron chi connectivity index (χ0n) is 8.38. The molecule has 0 amide bonds. The molecule has 0 saturated heterocycles. The van der Waals surface area contributed by atoms with E-state index < -0.39 is 0 Å². The summed E-state index contributed by atoms with van der Waals surface area (Å²) in [5, 5.41) is 17.2. The highest BCUT2D eigenvalue weighted by atomic mass is 15.3. The van der Waals surface area contributed by atoms with Gasteiger partial charge in [0.15, 0.2) is 0 Å². The quantitative estimate of drug-likeness (QED) is 0.338. The third-order valence-electron chi connectivity index (χ3n) is 1.72. The molecule has 0 aliphatic rings. The second-order valence-electron chi connectivity index (χ2n) is 2.79. The number of nitrogen functional groups attached to an aromatic ring is 2. The van der Waals surface area contributed by atoms with Crippen LogP contribution in [0.15, 0.2) is 6.07 Å². The zero-order valence-corrected chi connectivity index (χ0v) is 8.38. The molecule has 1 heterocycles. The number of nitrogens with one attached hydrogen (secondary N) is 1. The fourth-order valence-electron chi connectivity index (χ4n) is 1.08. The van der Waals surface area contributed by atoms with E-state index in [1.807, 2.05) is 12.1 Å². The lowest BCUT2D eigenvalue weighted by atomic mass is 10.4. The molecule has 0 fully saturated rings. The van der Waals surface area contributed by atoms with Gasteiger partial charge in [0.2, 0.25) is 5.95 Å². The van der Waals surface area contributed by atoms with E-state index in [9.17, 15) is 0 Å². The van der Waals surface area contributed by atoms with Crippen molar-refractivity contribution in [3.63, 3.8) is 0 Å². The minimum Gasteiger partial charge on any atom is -0.368 e. The number of anilines is 3. The smallest absolute Gasteiger partial charge is 0.223 e. The highest BCUT2D eigenvalue weighted by Crippen LogP contribution is 2.15. The fraction of sp³-hybridized carbons (Fsp3) is 0.250. The molecular weight excluding hydrogens is 208 g/mol. The van der Waals surface area contributed by atoms with Crippen molar-refractivity contribution in [2.75, 3.05) is 29.1 Å². The summed E-state index contributed by atoms with van der Waals surface area (Å²) in [6, 6.07) is 5.36. The average Bonchev–Trinajstić information content (AvgIpc) is 2.28. The summed E-state index contributed by atoms with van der Waals surface area (Å²) in [7, 11) is 0. The Labute approximate surface area is 92.1 Å². The number of hydrogen-bond acceptors (Lipinski definition) is 8. The summed E-state index contributed by atoms with van der Waals surface area (Å²) in [5.74, 6) is 5.91. The molecule has 0 aromatic carbocycles. The van der Waals surface area contributed by atoms with Gasteiger partial charge in [0.1, 0.15) is 24.7 Å². The number of nitrogens with zero attached hydrogens (tertiary/aromatic N) is 5. The number of aromatic nitrogens is 2. The molecule has 0 bridgehead atoms. The van der Waals surface area contributed by atoms with Crippen LogP contribution in [0.1, 0.15) is 0 Å². The first-order chi connectivity index (χ1) is 7.71. The van der Waals surface area contributed by atoms with E-state index in [0.717, 1.165) is 0 Å². The first kappa shape index (κ1) is 11.5. The third kappa shape index (κ3) is 2.70. The van der Waals surface area contributed by atoms with Crippen LogP contribution in [0.2, 0.25) is 0 Å². The molecule has 0 saturated carbocycles. The van der Waals surface area contributed by atoms with E-state index in [2.05, 4.69) is 15.4 Å². The van der Waals surface area contributed by atoms with Gasteiger partial charge in [0.05, 0.1) is 12.1 Å². The van der Waals surface area contributed by atoms with Crippen molar-refractivity contribution in [1.29, 1.82) is 10.5 Å². The van der Waals surface area contributed by atoms with Crippen LogP contribution in [0.5, 0.6) is 0 Å². The molecule has 1 aromatic rings. The lowest BCUT2D eigenvalue weighted by molar-refractivity contribution is 0.929. The summed E-state index contributed by atoms with van der Waals surface area (Å²) >= 11 is 0. The molecule has 0 atom stereocenters. The van der Waals surface area contributed by atoms with E-state index in [-0.39, 0.29) is 19.0 Å². The summed E-state index contributed by atoms with van der Waals surface area (Å²) in [5.41, 5.74) is 7.78. The zero-order chi connectivity index (χ0) is 12.0. The molecule has 0 aliphatic heterocycles. The van der Waals surface area contributed by atoms with E-state index in [0.29, 0.717) is 11.6 Å². The maximum absolute atomic E-state index is 8.60. The van der Waals surface area contributed by atoms with Gasteiger partial charge in [-0.05, 0) is 0 Å². The molecule has 0 radical (unpaired) electrons. The Balaban J connectivity index is 3.04. The molecule has 8 nitrogen and oxygen atoms in total. The number of nitrogens with two attached hydrogens (primary N) is 2. The molecule has 0 aliphatic carbocycles. The van der Waals surface area contributed by atoms with E-state index in [1.54, 1.807) is 0 Å². The van der Waals surface area contributed by atoms with Gasteiger partial charge in [0.25, 0.3) is 0 Å². The van der Waals surface area contributed by atoms with Crippen molar-refractivity contribution in [2.24, 2.45) is 5.84 Å². The van der Waals surface area contributed by atoms with Crippen LogP contribution in [0, 0.1) is 22.7 Å². The lowest BCUT2D eigenvalue weighted by Gasteiger charge is -2.17. The van der Waals surface area contributed by atoms with Crippen LogP contribution >= 0.6 is 0 Å². The fourth-order valence-corrected chi connectivity index (χ4v) is 1.08. The number of nitriles is 2. The largest absolute Gasteiger partial charge is 0.368 e. The van der Waals surface area contributed by atoms with Gasteiger partial charge in [-0.3, -0.25) is 0 Å². The van der Waals surface area contributed by atoms with Crippen molar-refractivity contribution in [3.05, 3.63) is 6.07 Å². The van der Waals surface area contributed by atoms with Crippen molar-refractivity contribution >= 4 is 17.6 Å². The molecule has 82 valence electrons. The SMILES string of the molecule is N#CCN(CC#N)c1cc(NN)nc(N)n1. The van der Waals surface area contributed by atoms with Crippen LogP contribution in [0.25, 0.3) is 0 Å². The molecule has 1 aromatic heterocycles. The molecule has 1 rings (SSSR count). The van der Waals surface area contributed by atoms with Gasteiger partial charge in [-0.15, -0.1) is 0 Å². The Kier molecular flexibility index (Phi) is 3.83. The standard InChI is InChI=1S/C8H10N8/c9-1-3-16(4-2-10)7-5-6(15-12)13-8(11)14-7/h5H,3-4,12H2,(H3,11,13,14,15). The van der Waals surface area contributed by atoms with Gasteiger partial charge in [-0.25, -0.2) is 5.84 Å². The van der Waals surface area contributed by atoms with Gasteiger partial charge in [-0.1, -0.05) is 0 Å². The minimum absolute atomic E-state index is 0.0197. The minimum atomic E-state index is 0.0197. The predicted molar refractivity (Wildman–Crippen MR) is 57.7 cm³/mol. The number of hydrazine groups is 1. The van der Waals surface area contributed by atoms with Crippen LogP contribution in [-0.4, -0.2) is 23.1 Å². The van der Waals surface area contributed by atoms with Gasteiger partial charge >= 0.3 is 0 Å². The van der Waals surface area contributed by atoms with Gasteiger partial charge < -0.3 is 16.1 Å². The molecule has 8 heteroatoms. The van der Waals surface area contributed by atoms with Crippen molar-refractivity contribution in [2.45, 2.75) is 0 Å². The van der Waals surface area contributed by atoms with Crippen LogP contribution < -0.4 is 21.9 Å². The topological polar surface area (TPSA) is 141 Å². The summed E-state index contributed by atoms with van der Waals surface area (Å²) < 4.78 is 0. The van der Waals surface area contributed by atoms with Crippen molar-refractivity contribution in [3.8, 4) is 12.1 Å². The monoisotopic (exact) mass is 218 g/mol.